The topological polar surface area (TPSA) is 73.6 Å². The van der Waals surface area contributed by atoms with E-state index in [4.69, 9.17) is 15.1 Å². The van der Waals surface area contributed by atoms with E-state index in [0.29, 0.717) is 5.56 Å². The largest absolute Gasteiger partial charge is 0.480 e. The van der Waals surface area contributed by atoms with Crippen LogP contribution in [0.3, 0.4) is 0 Å². The van der Waals surface area contributed by atoms with Gasteiger partial charge in [-0.05, 0) is 24.6 Å². The van der Waals surface area contributed by atoms with Gasteiger partial charge in [-0.1, -0.05) is 12.1 Å². The second-order valence-corrected chi connectivity index (χ2v) is 5.09. The van der Waals surface area contributed by atoms with Crippen LogP contribution in [0.4, 0.5) is 0 Å². The number of rotatable bonds is 5. The molecule has 0 aromatic heterocycles. The normalized spacial score (nSPS) is 17.5. The number of hydrogen-bond donors (Lipinski definition) is 1. The van der Waals surface area contributed by atoms with E-state index in [0.717, 1.165) is 25.2 Å². The van der Waals surface area contributed by atoms with Crippen molar-refractivity contribution >= 4 is 5.97 Å². The van der Waals surface area contributed by atoms with Crippen LogP contribution in [0, 0.1) is 11.3 Å². The number of ether oxygens (including phenoxy) is 1. The number of carbonyl (C=O) groups is 1. The Morgan fingerprint density at radius 3 is 2.63 bits per heavy atom. The molecule has 1 saturated heterocycles. The highest BCUT2D eigenvalue weighted by molar-refractivity contribution is 5.68. The second-order valence-electron chi connectivity index (χ2n) is 5.09. The van der Waals surface area contributed by atoms with Crippen molar-refractivity contribution in [2.75, 3.05) is 19.7 Å². The van der Waals surface area contributed by atoms with Crippen molar-refractivity contribution < 1.29 is 14.6 Å². The summed E-state index contributed by atoms with van der Waals surface area (Å²) in [7, 11) is 0. The van der Waals surface area contributed by atoms with Crippen LogP contribution in [0.5, 0.6) is 0 Å². The molecule has 1 aliphatic heterocycles. The molecule has 0 unspecified atom stereocenters. The van der Waals surface area contributed by atoms with Crippen LogP contribution in [0.2, 0.25) is 0 Å². The molecule has 5 heteroatoms. The number of nitrogens with zero attached hydrogens (tertiary/aromatic N) is 2. The predicted octanol–water partition coefficient (Wildman–Crippen LogP) is 1.23. The summed E-state index contributed by atoms with van der Waals surface area (Å²) < 4.78 is 5.35. The van der Waals surface area contributed by atoms with Crippen LogP contribution >= 0.6 is 0 Å². The van der Waals surface area contributed by atoms with Crippen molar-refractivity contribution in [3.8, 4) is 6.07 Å². The lowest BCUT2D eigenvalue weighted by Gasteiger charge is -2.47. The van der Waals surface area contributed by atoms with E-state index >= 15 is 0 Å². The summed E-state index contributed by atoms with van der Waals surface area (Å²) in [5, 5.41) is 17.3. The molecule has 5 nitrogen and oxygen atoms in total. The zero-order valence-electron chi connectivity index (χ0n) is 10.8. The smallest absolute Gasteiger partial charge is 0.329 e. The lowest BCUT2D eigenvalue weighted by atomic mass is 9.95. The first-order valence-corrected chi connectivity index (χ1v) is 6.08. The standard InChI is InChI=1S/C14H16N2O3/c1-14(19-8-13(17)18)9-16(10-14)7-12-4-2-11(6-15)3-5-12/h2-5H,7-10H2,1H3,(H,17,18). The molecule has 2 rings (SSSR count). The molecular formula is C14H16N2O3. The molecular weight excluding hydrogens is 244 g/mol. The first-order chi connectivity index (χ1) is 9.00. The molecule has 0 spiro atoms. The SMILES string of the molecule is CC1(OCC(=O)O)CN(Cc2ccc(C#N)cc2)C1. The number of carboxylic acids is 1. The van der Waals surface area contributed by atoms with Gasteiger partial charge >= 0.3 is 5.97 Å². The molecule has 0 atom stereocenters. The van der Waals surface area contributed by atoms with E-state index in [1.807, 2.05) is 19.1 Å². The van der Waals surface area contributed by atoms with Crippen molar-refractivity contribution in [1.82, 2.24) is 4.90 Å². The highest BCUT2D eigenvalue weighted by Gasteiger charge is 2.39. The molecule has 1 aliphatic rings. The fraction of sp³-hybridized carbons (Fsp3) is 0.429. The van der Waals surface area contributed by atoms with E-state index < -0.39 is 5.97 Å². The van der Waals surface area contributed by atoms with E-state index in [2.05, 4.69) is 11.0 Å². The van der Waals surface area contributed by atoms with Crippen molar-refractivity contribution in [1.29, 1.82) is 5.26 Å². The number of nitriles is 1. The van der Waals surface area contributed by atoms with Crippen LogP contribution in [0.1, 0.15) is 18.1 Å². The first-order valence-electron chi connectivity index (χ1n) is 6.08. The number of benzene rings is 1. The molecule has 0 radical (unpaired) electrons. The third-order valence-corrected chi connectivity index (χ3v) is 3.15. The van der Waals surface area contributed by atoms with Gasteiger partial charge in [-0.15, -0.1) is 0 Å². The minimum Gasteiger partial charge on any atom is -0.480 e. The van der Waals surface area contributed by atoms with E-state index in [1.54, 1.807) is 12.1 Å². The maximum atomic E-state index is 10.5. The van der Waals surface area contributed by atoms with E-state index in [1.165, 1.54) is 0 Å². The Morgan fingerprint density at radius 2 is 2.11 bits per heavy atom. The first kappa shape index (κ1) is 13.5. The summed E-state index contributed by atoms with van der Waals surface area (Å²) in [5.74, 6) is -0.938. The van der Waals surface area contributed by atoms with Crippen molar-refractivity contribution in [2.45, 2.75) is 19.1 Å². The third-order valence-electron chi connectivity index (χ3n) is 3.15. The molecule has 0 amide bonds. The van der Waals surface area contributed by atoms with Crippen LogP contribution in [-0.4, -0.2) is 41.3 Å². The highest BCUT2D eigenvalue weighted by Crippen LogP contribution is 2.26. The van der Waals surface area contributed by atoms with E-state index in [9.17, 15) is 4.79 Å². The van der Waals surface area contributed by atoms with Gasteiger partial charge in [0.2, 0.25) is 0 Å². The zero-order valence-corrected chi connectivity index (χ0v) is 10.8. The van der Waals surface area contributed by atoms with Gasteiger partial charge in [0.25, 0.3) is 0 Å². The molecule has 0 saturated carbocycles. The molecule has 1 aromatic carbocycles. The van der Waals surface area contributed by atoms with Crippen LogP contribution in [0.25, 0.3) is 0 Å². The van der Waals surface area contributed by atoms with Crippen LogP contribution < -0.4 is 0 Å². The van der Waals surface area contributed by atoms with Crippen LogP contribution in [0.15, 0.2) is 24.3 Å². The van der Waals surface area contributed by atoms with Crippen LogP contribution in [-0.2, 0) is 16.1 Å². The average molecular weight is 260 g/mol. The van der Waals surface area contributed by atoms with Gasteiger partial charge in [-0.2, -0.15) is 5.26 Å². The van der Waals surface area contributed by atoms with Gasteiger partial charge < -0.3 is 9.84 Å². The van der Waals surface area contributed by atoms with Gasteiger partial charge in [0.05, 0.1) is 17.2 Å². The average Bonchev–Trinajstić information content (AvgIpc) is 2.35. The number of carboxylic acid groups (broad SMARTS) is 1. The maximum absolute atomic E-state index is 10.5. The lowest BCUT2D eigenvalue weighted by molar-refractivity contribution is -0.165. The Hall–Kier alpha value is -1.90. The van der Waals surface area contributed by atoms with Gasteiger partial charge in [0, 0.05) is 19.6 Å². The minimum atomic E-state index is -0.938. The van der Waals surface area contributed by atoms with E-state index in [-0.39, 0.29) is 12.2 Å². The molecule has 1 fully saturated rings. The predicted molar refractivity (Wildman–Crippen MR) is 68.4 cm³/mol. The number of likely N-dealkylation sites (tertiary alicyclic amines) is 1. The summed E-state index contributed by atoms with van der Waals surface area (Å²) in [6.07, 6.45) is 0. The molecule has 19 heavy (non-hydrogen) atoms. The third kappa shape index (κ3) is 3.53. The lowest BCUT2D eigenvalue weighted by Crippen LogP contribution is -2.61. The molecule has 100 valence electrons. The van der Waals surface area contributed by atoms with Crippen molar-refractivity contribution in [3.63, 3.8) is 0 Å². The summed E-state index contributed by atoms with van der Waals surface area (Å²) in [6, 6.07) is 9.56. The molecule has 0 aliphatic carbocycles. The quantitative estimate of drug-likeness (QED) is 0.862. The monoisotopic (exact) mass is 260 g/mol. The number of aliphatic carboxylic acids is 1. The summed E-state index contributed by atoms with van der Waals surface area (Å²) in [5.41, 5.74) is 1.44. The Labute approximate surface area is 112 Å². The van der Waals surface area contributed by atoms with Crippen molar-refractivity contribution in [3.05, 3.63) is 35.4 Å². The summed E-state index contributed by atoms with van der Waals surface area (Å²) in [4.78, 5) is 12.6. The summed E-state index contributed by atoms with van der Waals surface area (Å²) in [6.45, 7) is 3.91. The fourth-order valence-corrected chi connectivity index (χ4v) is 2.28. The molecule has 1 aromatic rings. The Kier molecular flexibility index (Phi) is 3.84. The molecule has 0 bridgehead atoms. The van der Waals surface area contributed by atoms with Crippen molar-refractivity contribution in [2.24, 2.45) is 0 Å². The zero-order chi connectivity index (χ0) is 13.9. The maximum Gasteiger partial charge on any atom is 0.329 e. The van der Waals surface area contributed by atoms with Gasteiger partial charge in [-0.25, -0.2) is 4.79 Å². The summed E-state index contributed by atoms with van der Waals surface area (Å²) >= 11 is 0. The Morgan fingerprint density at radius 1 is 1.47 bits per heavy atom. The number of hydrogen-bond acceptors (Lipinski definition) is 4. The molecule has 1 heterocycles. The Balaban J connectivity index is 1.80. The molecule has 1 N–H and O–H groups in total. The van der Waals surface area contributed by atoms with Gasteiger partial charge in [0.15, 0.2) is 0 Å². The second kappa shape index (κ2) is 5.39. The Bertz CT molecular complexity index is 498. The minimum absolute atomic E-state index is 0.249. The fourth-order valence-electron chi connectivity index (χ4n) is 2.28. The highest BCUT2D eigenvalue weighted by atomic mass is 16.5. The van der Waals surface area contributed by atoms with Gasteiger partial charge in [-0.3, -0.25) is 4.90 Å². The van der Waals surface area contributed by atoms with Gasteiger partial charge in [0.1, 0.15) is 6.61 Å².